The second kappa shape index (κ2) is 7.22. The number of hydrogen-bond acceptors (Lipinski definition) is 4. The van der Waals surface area contributed by atoms with Gasteiger partial charge in [-0.2, -0.15) is 0 Å². The number of hydrogen-bond donors (Lipinski definition) is 3. The summed E-state index contributed by atoms with van der Waals surface area (Å²) in [5.74, 6) is -0.311. The van der Waals surface area contributed by atoms with Crippen LogP contribution in [0.2, 0.25) is 0 Å². The Balaban J connectivity index is 2.59. The molecule has 0 fully saturated rings. The van der Waals surface area contributed by atoms with Crippen LogP contribution in [0.15, 0.2) is 41.3 Å². The van der Waals surface area contributed by atoms with Crippen LogP contribution in [0, 0.1) is 0 Å². The topological polar surface area (TPSA) is 109 Å². The molecule has 1 amide bonds. The van der Waals surface area contributed by atoms with Crippen molar-refractivity contribution in [2.45, 2.75) is 57.3 Å². The molecule has 2 aromatic carbocycles. The van der Waals surface area contributed by atoms with E-state index >= 15 is 0 Å². The summed E-state index contributed by atoms with van der Waals surface area (Å²) in [6.07, 6.45) is 0. The van der Waals surface area contributed by atoms with Crippen LogP contribution in [0.3, 0.4) is 0 Å². The molecule has 0 bridgehead atoms. The normalized spacial score (nSPS) is 12.7. The Morgan fingerprint density at radius 1 is 0.964 bits per heavy atom. The number of amides is 1. The van der Waals surface area contributed by atoms with E-state index in [0.29, 0.717) is 16.7 Å². The van der Waals surface area contributed by atoms with Crippen molar-refractivity contribution in [2.24, 2.45) is 5.14 Å². The van der Waals surface area contributed by atoms with Gasteiger partial charge in [0.2, 0.25) is 10.0 Å². The van der Waals surface area contributed by atoms with Crippen LogP contribution >= 0.6 is 0 Å². The number of rotatable bonds is 3. The van der Waals surface area contributed by atoms with E-state index in [1.165, 1.54) is 18.2 Å². The van der Waals surface area contributed by atoms with E-state index in [-0.39, 0.29) is 16.3 Å². The summed E-state index contributed by atoms with van der Waals surface area (Å²) in [5, 5.41) is 18.7. The Labute approximate surface area is 166 Å². The van der Waals surface area contributed by atoms with E-state index in [9.17, 15) is 18.3 Å². The van der Waals surface area contributed by atoms with Gasteiger partial charge in [0.1, 0.15) is 10.6 Å². The van der Waals surface area contributed by atoms with Crippen molar-refractivity contribution in [3.63, 3.8) is 0 Å². The van der Waals surface area contributed by atoms with Gasteiger partial charge in [-0.3, -0.25) is 4.79 Å². The second-order valence-electron chi connectivity index (χ2n) is 8.92. The number of aromatic hydroxyl groups is 1. The minimum atomic E-state index is -3.99. The lowest BCUT2D eigenvalue weighted by molar-refractivity contribution is 0.102. The molecule has 0 radical (unpaired) electrons. The fourth-order valence-corrected chi connectivity index (χ4v) is 3.62. The van der Waals surface area contributed by atoms with E-state index in [0.717, 1.165) is 0 Å². The summed E-state index contributed by atoms with van der Waals surface area (Å²) in [6, 6.07) is 9.24. The number of carbonyl (C=O) groups is 1. The van der Waals surface area contributed by atoms with Gasteiger partial charge in [-0.05, 0) is 35.1 Å². The lowest BCUT2D eigenvalue weighted by atomic mass is 9.78. The molecule has 0 aliphatic heterocycles. The Kier molecular flexibility index (Phi) is 5.65. The standard InChI is InChI=1S/C21H28N2O4S/c1-20(2,3)14-11-13(12-15(18(14)24)21(4,5)6)19(25)23-16-9-7-8-10-17(16)28(22,26)27/h7-12,24H,1-6H3,(H,23,25)(H2,22,26,27). The van der Waals surface area contributed by atoms with E-state index in [2.05, 4.69) is 5.32 Å². The largest absolute Gasteiger partial charge is 0.507 e. The molecule has 0 aliphatic carbocycles. The molecule has 2 aromatic rings. The molecule has 7 heteroatoms. The molecule has 6 nitrogen and oxygen atoms in total. The number of sulfonamides is 1. The van der Waals surface area contributed by atoms with E-state index < -0.39 is 26.8 Å². The number of anilines is 1. The van der Waals surface area contributed by atoms with Crippen LogP contribution in [0.1, 0.15) is 63.0 Å². The maximum atomic E-state index is 12.9. The van der Waals surface area contributed by atoms with Gasteiger partial charge in [-0.15, -0.1) is 0 Å². The number of primary sulfonamides is 1. The number of carbonyl (C=O) groups excluding carboxylic acids is 1. The van der Waals surface area contributed by atoms with Crippen molar-refractivity contribution in [1.82, 2.24) is 0 Å². The molecule has 152 valence electrons. The number of nitrogens with one attached hydrogen (secondary N) is 1. The number of phenols is 1. The highest BCUT2D eigenvalue weighted by Crippen LogP contribution is 2.40. The van der Waals surface area contributed by atoms with E-state index in [4.69, 9.17) is 5.14 Å². The molecule has 0 saturated heterocycles. The summed E-state index contributed by atoms with van der Waals surface area (Å²) in [5.41, 5.74) is 0.946. The van der Waals surface area contributed by atoms with Crippen molar-refractivity contribution in [1.29, 1.82) is 0 Å². The zero-order valence-electron chi connectivity index (χ0n) is 17.1. The quantitative estimate of drug-likeness (QED) is 0.721. The van der Waals surface area contributed by atoms with Gasteiger partial charge in [0.05, 0.1) is 5.69 Å². The first kappa shape index (κ1) is 21.9. The molecule has 0 saturated carbocycles. The van der Waals surface area contributed by atoms with Crippen LogP contribution in [0.25, 0.3) is 0 Å². The fraction of sp³-hybridized carbons (Fsp3) is 0.381. The number of benzene rings is 2. The third kappa shape index (κ3) is 4.72. The highest BCUT2D eigenvalue weighted by atomic mass is 32.2. The van der Waals surface area contributed by atoms with Gasteiger partial charge in [-0.25, -0.2) is 13.6 Å². The minimum Gasteiger partial charge on any atom is -0.507 e. The molecule has 0 aliphatic rings. The predicted octanol–water partition coefficient (Wildman–Crippen LogP) is 3.89. The molecule has 2 rings (SSSR count). The summed E-state index contributed by atoms with van der Waals surface area (Å²) < 4.78 is 23.6. The van der Waals surface area contributed by atoms with Crippen molar-refractivity contribution < 1.29 is 18.3 Å². The molecular weight excluding hydrogens is 376 g/mol. The van der Waals surface area contributed by atoms with Crippen molar-refractivity contribution in [3.05, 3.63) is 53.1 Å². The lowest BCUT2D eigenvalue weighted by Gasteiger charge is -2.28. The average Bonchev–Trinajstić information content (AvgIpc) is 2.52. The molecular formula is C21H28N2O4S. The SMILES string of the molecule is CC(C)(C)c1cc(C(=O)Nc2ccccc2S(N)(=O)=O)cc(C(C)(C)C)c1O. The third-order valence-corrected chi connectivity index (χ3v) is 5.40. The Morgan fingerprint density at radius 2 is 1.43 bits per heavy atom. The molecule has 4 N–H and O–H groups in total. The summed E-state index contributed by atoms with van der Waals surface area (Å²) in [7, 11) is -3.99. The number of nitrogens with two attached hydrogens (primary N) is 1. The summed E-state index contributed by atoms with van der Waals surface area (Å²) in [6.45, 7) is 11.7. The van der Waals surface area contributed by atoms with Gasteiger partial charge < -0.3 is 10.4 Å². The molecule has 0 aromatic heterocycles. The first-order chi connectivity index (χ1) is 12.6. The maximum Gasteiger partial charge on any atom is 0.255 e. The Hall–Kier alpha value is -2.38. The highest BCUT2D eigenvalue weighted by Gasteiger charge is 2.28. The fourth-order valence-electron chi connectivity index (χ4n) is 2.92. The average molecular weight is 405 g/mol. The van der Waals surface area contributed by atoms with Gasteiger partial charge in [0.25, 0.3) is 5.91 Å². The van der Waals surface area contributed by atoms with Gasteiger partial charge in [0, 0.05) is 16.7 Å². The van der Waals surface area contributed by atoms with Crippen molar-refractivity contribution in [3.8, 4) is 5.75 Å². The maximum absolute atomic E-state index is 12.9. The summed E-state index contributed by atoms with van der Waals surface area (Å²) >= 11 is 0. The van der Waals surface area contributed by atoms with Crippen molar-refractivity contribution in [2.75, 3.05) is 5.32 Å². The molecule has 0 atom stereocenters. The van der Waals surface area contributed by atoms with Crippen LogP contribution in [-0.2, 0) is 20.9 Å². The number of para-hydroxylation sites is 1. The minimum absolute atomic E-state index is 0.109. The van der Waals surface area contributed by atoms with E-state index in [1.807, 2.05) is 41.5 Å². The van der Waals surface area contributed by atoms with Crippen LogP contribution in [-0.4, -0.2) is 19.4 Å². The van der Waals surface area contributed by atoms with E-state index in [1.54, 1.807) is 18.2 Å². The Morgan fingerprint density at radius 3 is 1.86 bits per heavy atom. The highest BCUT2D eigenvalue weighted by molar-refractivity contribution is 7.89. The smallest absolute Gasteiger partial charge is 0.255 e. The van der Waals surface area contributed by atoms with Gasteiger partial charge in [0.15, 0.2) is 0 Å². The number of phenolic OH excluding ortho intramolecular Hbond substituents is 1. The van der Waals surface area contributed by atoms with Crippen LogP contribution in [0.5, 0.6) is 5.75 Å². The first-order valence-electron chi connectivity index (χ1n) is 8.93. The Bertz CT molecular complexity index is 978. The van der Waals surface area contributed by atoms with Crippen LogP contribution in [0.4, 0.5) is 5.69 Å². The van der Waals surface area contributed by atoms with Gasteiger partial charge in [-0.1, -0.05) is 53.7 Å². The van der Waals surface area contributed by atoms with Crippen molar-refractivity contribution >= 4 is 21.6 Å². The van der Waals surface area contributed by atoms with Crippen LogP contribution < -0.4 is 10.5 Å². The molecule has 28 heavy (non-hydrogen) atoms. The second-order valence-corrected chi connectivity index (χ2v) is 10.4. The third-order valence-electron chi connectivity index (χ3n) is 4.43. The first-order valence-corrected chi connectivity index (χ1v) is 10.5. The zero-order valence-corrected chi connectivity index (χ0v) is 17.9. The molecule has 0 unspecified atom stereocenters. The predicted molar refractivity (Wildman–Crippen MR) is 111 cm³/mol. The van der Waals surface area contributed by atoms with Gasteiger partial charge >= 0.3 is 0 Å². The lowest BCUT2D eigenvalue weighted by Crippen LogP contribution is -2.22. The molecule has 0 heterocycles. The zero-order chi connectivity index (χ0) is 21.5. The monoisotopic (exact) mass is 404 g/mol. The summed E-state index contributed by atoms with van der Waals surface area (Å²) in [4.78, 5) is 12.8. The molecule has 0 spiro atoms.